The van der Waals surface area contributed by atoms with Gasteiger partial charge in [0.15, 0.2) is 5.78 Å². The molecule has 1 aromatic carbocycles. The second-order valence-electron chi connectivity index (χ2n) is 4.84. The number of carbonyl (C=O) groups is 2. The first-order valence-electron chi connectivity index (χ1n) is 7.30. The van der Waals surface area contributed by atoms with Gasteiger partial charge in [-0.15, -0.1) is 0 Å². The Bertz CT molecular complexity index is 409. The molecule has 0 aromatic heterocycles. The fourth-order valence-electron chi connectivity index (χ4n) is 2.75. The van der Waals surface area contributed by atoms with Crippen LogP contribution >= 0.6 is 0 Å². The highest BCUT2D eigenvalue weighted by Gasteiger charge is 2.33. The van der Waals surface area contributed by atoms with Crippen molar-refractivity contribution in [2.24, 2.45) is 11.8 Å². The molecule has 2 atom stereocenters. The normalized spacial score (nSPS) is 22.1. The van der Waals surface area contributed by atoms with Crippen LogP contribution in [-0.4, -0.2) is 11.6 Å². The number of benzene rings is 1. The van der Waals surface area contributed by atoms with E-state index >= 15 is 0 Å². The molecule has 0 N–H and O–H groups in total. The zero-order chi connectivity index (χ0) is 14.3. The molecule has 1 aliphatic carbocycles. The third kappa shape index (κ3) is 4.02. The standard InChI is InChI=1S/C15H18O2.C2H6/c1-11(16)13-9-5-6-10-14(13)15(17)12-7-3-2-4-8-12;1-2/h2-4,7-8,13-14H,5-6,9-10H2,1H3;1-2H3. The quantitative estimate of drug-likeness (QED) is 0.760. The van der Waals surface area contributed by atoms with Crippen LogP contribution in [0.5, 0.6) is 0 Å². The number of ketones is 2. The lowest BCUT2D eigenvalue weighted by Gasteiger charge is -2.28. The fourth-order valence-corrected chi connectivity index (χ4v) is 2.75. The predicted molar refractivity (Wildman–Crippen MR) is 78.2 cm³/mol. The SMILES string of the molecule is CC.CC(=O)C1CCCCC1C(=O)c1ccccc1. The third-order valence-corrected chi connectivity index (χ3v) is 3.68. The molecule has 1 fully saturated rings. The van der Waals surface area contributed by atoms with E-state index in [0.29, 0.717) is 0 Å². The molecule has 2 unspecified atom stereocenters. The zero-order valence-corrected chi connectivity index (χ0v) is 12.2. The van der Waals surface area contributed by atoms with Crippen LogP contribution in [0, 0.1) is 11.8 Å². The van der Waals surface area contributed by atoms with E-state index in [1.54, 1.807) is 6.92 Å². The largest absolute Gasteiger partial charge is 0.300 e. The van der Waals surface area contributed by atoms with Gasteiger partial charge in [-0.3, -0.25) is 9.59 Å². The molecule has 0 spiro atoms. The maximum absolute atomic E-state index is 12.4. The maximum atomic E-state index is 12.4. The average molecular weight is 260 g/mol. The lowest BCUT2D eigenvalue weighted by atomic mass is 9.74. The summed E-state index contributed by atoms with van der Waals surface area (Å²) in [6.07, 6.45) is 3.87. The molecule has 19 heavy (non-hydrogen) atoms. The molecule has 2 nitrogen and oxygen atoms in total. The molecule has 0 saturated heterocycles. The zero-order valence-electron chi connectivity index (χ0n) is 12.2. The summed E-state index contributed by atoms with van der Waals surface area (Å²) in [6, 6.07) is 9.33. The molecule has 2 rings (SSSR count). The minimum absolute atomic E-state index is 0.0588. The van der Waals surface area contributed by atoms with Crippen LogP contribution in [0.4, 0.5) is 0 Å². The number of Topliss-reactive ketones (excluding diaryl/α,β-unsaturated/α-hetero) is 2. The summed E-state index contributed by atoms with van der Waals surface area (Å²) in [5.74, 6) is 0.157. The van der Waals surface area contributed by atoms with Crippen molar-refractivity contribution >= 4 is 11.6 Å². The smallest absolute Gasteiger partial charge is 0.166 e. The van der Waals surface area contributed by atoms with Crippen LogP contribution in [-0.2, 0) is 4.79 Å². The second-order valence-corrected chi connectivity index (χ2v) is 4.84. The van der Waals surface area contributed by atoms with E-state index in [9.17, 15) is 9.59 Å². The summed E-state index contributed by atoms with van der Waals surface area (Å²) in [6.45, 7) is 5.61. The Balaban J connectivity index is 0.000000861. The molecule has 1 saturated carbocycles. The van der Waals surface area contributed by atoms with E-state index < -0.39 is 0 Å². The average Bonchev–Trinajstić information content (AvgIpc) is 2.49. The van der Waals surface area contributed by atoms with E-state index in [1.807, 2.05) is 44.2 Å². The third-order valence-electron chi connectivity index (χ3n) is 3.68. The first-order valence-corrected chi connectivity index (χ1v) is 7.30. The van der Waals surface area contributed by atoms with Gasteiger partial charge in [0.25, 0.3) is 0 Å². The van der Waals surface area contributed by atoms with Gasteiger partial charge in [0.05, 0.1) is 0 Å². The van der Waals surface area contributed by atoms with Gasteiger partial charge in [-0.05, 0) is 19.8 Å². The molecule has 104 valence electrons. The first-order chi connectivity index (χ1) is 9.20. The molecule has 2 heteroatoms. The molecular formula is C17H24O2. The number of hydrogen-bond donors (Lipinski definition) is 0. The minimum Gasteiger partial charge on any atom is -0.300 e. The molecule has 0 bridgehead atoms. The summed E-state index contributed by atoms with van der Waals surface area (Å²) >= 11 is 0. The number of hydrogen-bond acceptors (Lipinski definition) is 2. The Hall–Kier alpha value is -1.44. The van der Waals surface area contributed by atoms with Gasteiger partial charge in [-0.25, -0.2) is 0 Å². The van der Waals surface area contributed by atoms with Crippen LogP contribution in [0.2, 0.25) is 0 Å². The topological polar surface area (TPSA) is 34.1 Å². The van der Waals surface area contributed by atoms with Crippen molar-refractivity contribution in [3.63, 3.8) is 0 Å². The van der Waals surface area contributed by atoms with Gasteiger partial charge < -0.3 is 0 Å². The van der Waals surface area contributed by atoms with Gasteiger partial charge in [0, 0.05) is 17.4 Å². The Labute approximate surface area is 116 Å². The molecule has 0 aliphatic heterocycles. The summed E-state index contributed by atoms with van der Waals surface area (Å²) in [7, 11) is 0. The highest BCUT2D eigenvalue weighted by molar-refractivity contribution is 6.00. The summed E-state index contributed by atoms with van der Waals surface area (Å²) in [5, 5.41) is 0. The van der Waals surface area contributed by atoms with Crippen molar-refractivity contribution in [1.29, 1.82) is 0 Å². The van der Waals surface area contributed by atoms with Gasteiger partial charge >= 0.3 is 0 Å². The van der Waals surface area contributed by atoms with Crippen molar-refractivity contribution in [1.82, 2.24) is 0 Å². The van der Waals surface area contributed by atoms with Crippen LogP contribution < -0.4 is 0 Å². The Kier molecular flexibility index (Phi) is 6.48. The van der Waals surface area contributed by atoms with Crippen molar-refractivity contribution in [2.45, 2.75) is 46.5 Å². The predicted octanol–water partition coefficient (Wildman–Crippen LogP) is 4.29. The lowest BCUT2D eigenvalue weighted by molar-refractivity contribution is -0.122. The van der Waals surface area contributed by atoms with E-state index in [-0.39, 0.29) is 23.4 Å². The Morgan fingerprint density at radius 3 is 2.00 bits per heavy atom. The van der Waals surface area contributed by atoms with Gasteiger partial charge in [-0.1, -0.05) is 57.0 Å². The van der Waals surface area contributed by atoms with Gasteiger partial charge in [0.1, 0.15) is 5.78 Å². The van der Waals surface area contributed by atoms with Crippen LogP contribution in [0.1, 0.15) is 56.8 Å². The molecule has 0 amide bonds. The Morgan fingerprint density at radius 2 is 1.47 bits per heavy atom. The highest BCUT2D eigenvalue weighted by atomic mass is 16.1. The van der Waals surface area contributed by atoms with Gasteiger partial charge in [-0.2, -0.15) is 0 Å². The molecule has 0 radical (unpaired) electrons. The monoisotopic (exact) mass is 260 g/mol. The summed E-state index contributed by atoms with van der Waals surface area (Å²) in [5.41, 5.74) is 0.741. The van der Waals surface area contributed by atoms with Crippen molar-refractivity contribution in [3.8, 4) is 0 Å². The summed E-state index contributed by atoms with van der Waals surface area (Å²) in [4.78, 5) is 24.0. The molecule has 0 heterocycles. The van der Waals surface area contributed by atoms with Crippen molar-refractivity contribution in [2.75, 3.05) is 0 Å². The van der Waals surface area contributed by atoms with E-state index in [0.717, 1.165) is 31.2 Å². The number of carbonyl (C=O) groups excluding carboxylic acids is 2. The molecule has 1 aromatic rings. The molecular weight excluding hydrogens is 236 g/mol. The Morgan fingerprint density at radius 1 is 0.947 bits per heavy atom. The highest BCUT2D eigenvalue weighted by Crippen LogP contribution is 2.33. The van der Waals surface area contributed by atoms with Crippen LogP contribution in [0.15, 0.2) is 30.3 Å². The van der Waals surface area contributed by atoms with E-state index in [4.69, 9.17) is 0 Å². The number of rotatable bonds is 3. The van der Waals surface area contributed by atoms with Crippen LogP contribution in [0.3, 0.4) is 0 Å². The van der Waals surface area contributed by atoms with Crippen LogP contribution in [0.25, 0.3) is 0 Å². The van der Waals surface area contributed by atoms with Crippen molar-refractivity contribution < 1.29 is 9.59 Å². The lowest BCUT2D eigenvalue weighted by Crippen LogP contribution is -2.31. The second kappa shape index (κ2) is 7.88. The first kappa shape index (κ1) is 15.6. The van der Waals surface area contributed by atoms with Crippen molar-refractivity contribution in [3.05, 3.63) is 35.9 Å². The van der Waals surface area contributed by atoms with Gasteiger partial charge in [0.2, 0.25) is 0 Å². The van der Waals surface area contributed by atoms with E-state index in [2.05, 4.69) is 0 Å². The maximum Gasteiger partial charge on any atom is 0.166 e. The van der Waals surface area contributed by atoms with E-state index in [1.165, 1.54) is 0 Å². The summed E-state index contributed by atoms with van der Waals surface area (Å²) < 4.78 is 0. The molecule has 1 aliphatic rings. The minimum atomic E-state index is -0.0938. The fraction of sp³-hybridized carbons (Fsp3) is 0.529.